The van der Waals surface area contributed by atoms with Crippen molar-refractivity contribution in [2.75, 3.05) is 0 Å². The summed E-state index contributed by atoms with van der Waals surface area (Å²) < 4.78 is 1.89. The number of hydrogen-bond acceptors (Lipinski definition) is 3. The highest BCUT2D eigenvalue weighted by atomic mass is 15.5. The lowest BCUT2D eigenvalue weighted by molar-refractivity contribution is 0.570. The van der Waals surface area contributed by atoms with Gasteiger partial charge in [0.25, 0.3) is 0 Å². The van der Waals surface area contributed by atoms with E-state index < -0.39 is 0 Å². The topological polar surface area (TPSA) is 43.6 Å². The second-order valence-corrected chi connectivity index (χ2v) is 3.59. The van der Waals surface area contributed by atoms with Gasteiger partial charge in [-0.1, -0.05) is 30.3 Å². The number of aromatic nitrogens is 4. The van der Waals surface area contributed by atoms with Crippen LogP contribution in [0, 0.1) is 0 Å². The lowest BCUT2D eigenvalue weighted by Crippen LogP contribution is -2.02. The maximum Gasteiger partial charge on any atom is 0.151 e. The third kappa shape index (κ3) is 1.11. The number of tetrazole rings is 1. The fourth-order valence-corrected chi connectivity index (χ4v) is 1.95. The van der Waals surface area contributed by atoms with Gasteiger partial charge in [0.15, 0.2) is 5.82 Å². The van der Waals surface area contributed by atoms with E-state index in [0.29, 0.717) is 5.92 Å². The molecule has 1 aromatic carbocycles. The van der Waals surface area contributed by atoms with Crippen LogP contribution in [0.15, 0.2) is 30.3 Å². The number of fused-ring (bicyclic) bond motifs is 1. The van der Waals surface area contributed by atoms with Gasteiger partial charge < -0.3 is 0 Å². The van der Waals surface area contributed by atoms with Gasteiger partial charge >= 0.3 is 0 Å². The molecule has 0 N–H and O–H groups in total. The summed E-state index contributed by atoms with van der Waals surface area (Å²) >= 11 is 0. The van der Waals surface area contributed by atoms with Gasteiger partial charge in [0, 0.05) is 12.3 Å². The second kappa shape index (κ2) is 2.90. The fourth-order valence-electron chi connectivity index (χ4n) is 1.95. The van der Waals surface area contributed by atoms with Crippen molar-refractivity contribution in [3.8, 4) is 0 Å². The summed E-state index contributed by atoms with van der Waals surface area (Å²) in [5.74, 6) is 1.52. The Morgan fingerprint density at radius 1 is 1.21 bits per heavy atom. The standard InChI is InChI=1S/C10H10N4/c1-2-4-8(5-3-1)9-6-10-11-12-13-14(10)7-9/h1-5,9H,6-7H2. The summed E-state index contributed by atoms with van der Waals surface area (Å²) in [6.07, 6.45) is 0.955. The van der Waals surface area contributed by atoms with Crippen molar-refractivity contribution in [2.24, 2.45) is 0 Å². The summed E-state index contributed by atoms with van der Waals surface area (Å²) in [4.78, 5) is 0. The highest BCUT2D eigenvalue weighted by Gasteiger charge is 2.24. The quantitative estimate of drug-likeness (QED) is 0.667. The number of nitrogens with zero attached hydrogens (tertiary/aromatic N) is 4. The van der Waals surface area contributed by atoms with E-state index in [-0.39, 0.29) is 0 Å². The molecule has 70 valence electrons. The minimum atomic E-state index is 0.522. The molecule has 0 saturated carbocycles. The molecule has 1 aliphatic heterocycles. The van der Waals surface area contributed by atoms with E-state index in [2.05, 4.69) is 39.8 Å². The van der Waals surface area contributed by atoms with Crippen LogP contribution < -0.4 is 0 Å². The molecular weight excluding hydrogens is 176 g/mol. The van der Waals surface area contributed by atoms with Gasteiger partial charge in [0.05, 0.1) is 6.54 Å². The van der Waals surface area contributed by atoms with Gasteiger partial charge in [-0.15, -0.1) is 5.10 Å². The fraction of sp³-hybridized carbons (Fsp3) is 0.300. The van der Waals surface area contributed by atoms with E-state index in [1.54, 1.807) is 0 Å². The minimum absolute atomic E-state index is 0.522. The van der Waals surface area contributed by atoms with Crippen LogP contribution in [0.5, 0.6) is 0 Å². The Kier molecular flexibility index (Phi) is 1.59. The van der Waals surface area contributed by atoms with E-state index in [4.69, 9.17) is 0 Å². The zero-order valence-corrected chi connectivity index (χ0v) is 7.67. The predicted molar refractivity (Wildman–Crippen MR) is 50.7 cm³/mol. The molecule has 4 heteroatoms. The maximum atomic E-state index is 3.97. The molecule has 14 heavy (non-hydrogen) atoms. The molecule has 0 aliphatic carbocycles. The lowest BCUT2D eigenvalue weighted by Gasteiger charge is -2.07. The average molecular weight is 186 g/mol. The molecule has 1 unspecified atom stereocenters. The SMILES string of the molecule is c1ccc(C2Cc3nnnn3C2)cc1. The summed E-state index contributed by atoms with van der Waals surface area (Å²) in [5, 5.41) is 11.5. The van der Waals surface area contributed by atoms with Crippen molar-refractivity contribution in [3.05, 3.63) is 41.7 Å². The number of benzene rings is 1. The van der Waals surface area contributed by atoms with E-state index >= 15 is 0 Å². The minimum Gasteiger partial charge on any atom is -0.229 e. The van der Waals surface area contributed by atoms with Crippen LogP contribution in [0.4, 0.5) is 0 Å². The van der Waals surface area contributed by atoms with E-state index in [1.807, 2.05) is 10.7 Å². The predicted octanol–water partition coefficient (Wildman–Crippen LogP) is 1.01. The Morgan fingerprint density at radius 2 is 2.07 bits per heavy atom. The summed E-state index contributed by atoms with van der Waals surface area (Å²) in [6, 6.07) is 10.5. The van der Waals surface area contributed by atoms with E-state index in [1.165, 1.54) is 5.56 Å². The molecule has 0 radical (unpaired) electrons. The normalized spacial score (nSPS) is 19.6. The van der Waals surface area contributed by atoms with Crippen molar-refractivity contribution >= 4 is 0 Å². The van der Waals surface area contributed by atoms with Gasteiger partial charge in [-0.3, -0.25) is 0 Å². The van der Waals surface area contributed by atoms with Crippen molar-refractivity contribution in [1.82, 2.24) is 20.2 Å². The van der Waals surface area contributed by atoms with Gasteiger partial charge in [-0.2, -0.15) is 0 Å². The largest absolute Gasteiger partial charge is 0.229 e. The van der Waals surface area contributed by atoms with E-state index in [9.17, 15) is 0 Å². The molecule has 0 amide bonds. The molecule has 0 fully saturated rings. The summed E-state index contributed by atoms with van der Waals surface area (Å²) in [6.45, 7) is 0.909. The van der Waals surface area contributed by atoms with Crippen LogP contribution in [0.25, 0.3) is 0 Å². The van der Waals surface area contributed by atoms with Gasteiger partial charge in [-0.25, -0.2) is 4.68 Å². The van der Waals surface area contributed by atoms with Crippen LogP contribution in [0.1, 0.15) is 17.3 Å². The Bertz CT molecular complexity index is 414. The Hall–Kier alpha value is -1.71. The third-order valence-corrected chi connectivity index (χ3v) is 2.70. The first-order chi connectivity index (χ1) is 6.93. The first-order valence-electron chi connectivity index (χ1n) is 4.73. The zero-order chi connectivity index (χ0) is 9.38. The molecular formula is C10H10N4. The van der Waals surface area contributed by atoms with E-state index in [0.717, 1.165) is 18.8 Å². The molecule has 4 nitrogen and oxygen atoms in total. The molecule has 1 atom stereocenters. The number of hydrogen-bond donors (Lipinski definition) is 0. The average Bonchev–Trinajstić information content (AvgIpc) is 2.78. The molecule has 0 saturated heterocycles. The van der Waals surface area contributed by atoms with Gasteiger partial charge in [0.1, 0.15) is 0 Å². The highest BCUT2D eigenvalue weighted by molar-refractivity contribution is 5.22. The molecule has 1 aliphatic rings. The Balaban J connectivity index is 1.89. The molecule has 2 heterocycles. The Labute approximate surface area is 81.6 Å². The van der Waals surface area contributed by atoms with Gasteiger partial charge in [-0.05, 0) is 16.0 Å². The molecule has 0 bridgehead atoms. The molecule has 2 aromatic rings. The summed E-state index contributed by atoms with van der Waals surface area (Å²) in [7, 11) is 0. The smallest absolute Gasteiger partial charge is 0.151 e. The van der Waals surface area contributed by atoms with Crippen LogP contribution in [0.3, 0.4) is 0 Å². The molecule has 3 rings (SSSR count). The van der Waals surface area contributed by atoms with Crippen molar-refractivity contribution in [2.45, 2.75) is 18.9 Å². The third-order valence-electron chi connectivity index (χ3n) is 2.70. The van der Waals surface area contributed by atoms with Gasteiger partial charge in [0.2, 0.25) is 0 Å². The Morgan fingerprint density at radius 3 is 2.86 bits per heavy atom. The highest BCUT2D eigenvalue weighted by Crippen LogP contribution is 2.26. The molecule has 1 aromatic heterocycles. The van der Waals surface area contributed by atoms with Crippen molar-refractivity contribution < 1.29 is 0 Å². The monoisotopic (exact) mass is 186 g/mol. The van der Waals surface area contributed by atoms with Crippen molar-refractivity contribution in [3.63, 3.8) is 0 Å². The first-order valence-corrected chi connectivity index (χ1v) is 4.73. The van der Waals surface area contributed by atoms with Crippen molar-refractivity contribution in [1.29, 1.82) is 0 Å². The maximum absolute atomic E-state index is 3.97. The second-order valence-electron chi connectivity index (χ2n) is 3.59. The summed E-state index contributed by atoms with van der Waals surface area (Å²) in [5.41, 5.74) is 1.36. The zero-order valence-electron chi connectivity index (χ0n) is 7.67. The van der Waals surface area contributed by atoms with Crippen LogP contribution in [0.2, 0.25) is 0 Å². The number of rotatable bonds is 1. The van der Waals surface area contributed by atoms with Crippen LogP contribution >= 0.6 is 0 Å². The van der Waals surface area contributed by atoms with Crippen LogP contribution in [-0.2, 0) is 13.0 Å². The first kappa shape index (κ1) is 7.67. The lowest BCUT2D eigenvalue weighted by atomic mass is 9.98. The molecule has 0 spiro atoms. The van der Waals surface area contributed by atoms with Crippen LogP contribution in [-0.4, -0.2) is 20.2 Å².